The van der Waals surface area contributed by atoms with E-state index < -0.39 is 0 Å². The third kappa shape index (κ3) is 4.94. The van der Waals surface area contributed by atoms with Gasteiger partial charge >= 0.3 is 0 Å². The van der Waals surface area contributed by atoms with Gasteiger partial charge in [0.15, 0.2) is 0 Å². The molecule has 16 heavy (non-hydrogen) atoms. The van der Waals surface area contributed by atoms with Gasteiger partial charge in [-0.25, -0.2) is 0 Å². The fourth-order valence-corrected chi connectivity index (χ4v) is 1.20. The fraction of sp³-hybridized carbons (Fsp3) is 0.462. The van der Waals surface area contributed by atoms with E-state index in [2.05, 4.69) is 5.16 Å². The van der Waals surface area contributed by atoms with Crippen molar-refractivity contribution in [3.8, 4) is 0 Å². The van der Waals surface area contributed by atoms with Gasteiger partial charge in [0.25, 0.3) is 0 Å². The van der Waals surface area contributed by atoms with Crippen molar-refractivity contribution >= 4 is 5.71 Å². The van der Waals surface area contributed by atoms with Gasteiger partial charge in [-0.05, 0) is 18.1 Å². The van der Waals surface area contributed by atoms with Crippen molar-refractivity contribution in [1.82, 2.24) is 0 Å². The van der Waals surface area contributed by atoms with Gasteiger partial charge in [0.1, 0.15) is 7.11 Å². The molecule has 1 rings (SSSR count). The van der Waals surface area contributed by atoms with Crippen molar-refractivity contribution in [2.24, 2.45) is 5.16 Å². The number of rotatable bonds is 4. The molecule has 0 saturated carbocycles. The number of hydrogen-bond donors (Lipinski definition) is 0. The largest absolute Gasteiger partial charge is 0.399 e. The smallest absolute Gasteiger partial charge is 0.106 e. The van der Waals surface area contributed by atoms with E-state index in [0.29, 0.717) is 6.61 Å². The Hall–Kier alpha value is -1.35. The van der Waals surface area contributed by atoms with Crippen LogP contribution in [0.1, 0.15) is 31.9 Å². The highest BCUT2D eigenvalue weighted by atomic mass is 16.6. The predicted molar refractivity (Wildman–Crippen MR) is 67.7 cm³/mol. The maximum Gasteiger partial charge on any atom is 0.106 e. The summed E-state index contributed by atoms with van der Waals surface area (Å²) in [5.74, 6) is 0. The molecule has 0 spiro atoms. The monoisotopic (exact) mass is 223 g/mol. The molecule has 3 heteroatoms. The van der Waals surface area contributed by atoms with Crippen LogP contribution in [0, 0.1) is 0 Å². The Bertz CT molecular complexity index is 304. The minimum atomic E-state index is 0.640. The summed E-state index contributed by atoms with van der Waals surface area (Å²) in [5.41, 5.74) is 3.09. The molecule has 0 fully saturated rings. The second kappa shape index (κ2) is 8.92. The molecule has 0 radical (unpaired) electrons. The van der Waals surface area contributed by atoms with Crippen molar-refractivity contribution in [2.45, 2.75) is 27.4 Å². The fourth-order valence-electron chi connectivity index (χ4n) is 1.20. The van der Waals surface area contributed by atoms with E-state index in [0.717, 1.165) is 16.8 Å². The zero-order chi connectivity index (χ0) is 12.4. The lowest BCUT2D eigenvalue weighted by atomic mass is 10.1. The minimum absolute atomic E-state index is 0.640. The van der Waals surface area contributed by atoms with E-state index in [9.17, 15) is 0 Å². The standard InChI is InChI=1S/C11H15NO2.C2H6/c1-9(12-14-3)11-6-4-10(5-7-11)8-13-2;1-2/h4-7H,8H2,1-3H3;1-2H3/b12-9+;. The summed E-state index contributed by atoms with van der Waals surface area (Å²) in [6.45, 7) is 6.55. The Labute approximate surface area is 98.1 Å². The van der Waals surface area contributed by atoms with Crippen LogP contribution >= 0.6 is 0 Å². The molecule has 0 aromatic heterocycles. The Kier molecular flexibility index (Phi) is 8.17. The number of oxime groups is 1. The second-order valence-corrected chi connectivity index (χ2v) is 2.99. The molecule has 0 bridgehead atoms. The average Bonchev–Trinajstić information content (AvgIpc) is 2.33. The lowest BCUT2D eigenvalue weighted by Crippen LogP contribution is -1.96. The van der Waals surface area contributed by atoms with Crippen LogP contribution in [-0.4, -0.2) is 19.9 Å². The molecule has 90 valence electrons. The number of ether oxygens (including phenoxy) is 1. The van der Waals surface area contributed by atoms with Crippen LogP contribution in [0.5, 0.6) is 0 Å². The Morgan fingerprint density at radius 2 is 1.69 bits per heavy atom. The van der Waals surface area contributed by atoms with Crippen molar-refractivity contribution < 1.29 is 9.57 Å². The lowest BCUT2D eigenvalue weighted by Gasteiger charge is -2.02. The summed E-state index contributed by atoms with van der Waals surface area (Å²) in [6, 6.07) is 8.06. The molecule has 3 nitrogen and oxygen atoms in total. The van der Waals surface area contributed by atoms with Crippen molar-refractivity contribution in [2.75, 3.05) is 14.2 Å². The highest BCUT2D eigenvalue weighted by Gasteiger charge is 1.97. The van der Waals surface area contributed by atoms with E-state index in [1.54, 1.807) is 14.2 Å². The summed E-state index contributed by atoms with van der Waals surface area (Å²) >= 11 is 0. The summed E-state index contributed by atoms with van der Waals surface area (Å²) in [4.78, 5) is 4.70. The topological polar surface area (TPSA) is 30.8 Å². The SMILES string of the molecule is CC.COCc1ccc(/C(C)=N/OC)cc1. The Morgan fingerprint density at radius 1 is 1.12 bits per heavy atom. The van der Waals surface area contributed by atoms with Crippen LogP contribution in [0.15, 0.2) is 29.4 Å². The van der Waals surface area contributed by atoms with E-state index in [1.165, 1.54) is 0 Å². The van der Waals surface area contributed by atoms with Gasteiger partial charge in [-0.1, -0.05) is 43.3 Å². The number of benzene rings is 1. The molecule has 0 aliphatic heterocycles. The van der Waals surface area contributed by atoms with E-state index in [1.807, 2.05) is 45.0 Å². The van der Waals surface area contributed by atoms with Crippen molar-refractivity contribution in [1.29, 1.82) is 0 Å². The molecule has 0 aliphatic rings. The first-order valence-electron chi connectivity index (χ1n) is 5.44. The first-order chi connectivity index (χ1) is 7.77. The van der Waals surface area contributed by atoms with E-state index in [-0.39, 0.29) is 0 Å². The summed E-state index contributed by atoms with van der Waals surface area (Å²) in [7, 11) is 3.23. The second-order valence-electron chi connectivity index (χ2n) is 2.99. The van der Waals surface area contributed by atoms with Gasteiger partial charge in [-0.3, -0.25) is 0 Å². The van der Waals surface area contributed by atoms with Crippen molar-refractivity contribution in [3.63, 3.8) is 0 Å². The Balaban J connectivity index is 0.00000106. The van der Waals surface area contributed by atoms with Crippen molar-refractivity contribution in [3.05, 3.63) is 35.4 Å². The van der Waals surface area contributed by atoms with Crippen LogP contribution in [0.3, 0.4) is 0 Å². The molecule has 1 aromatic rings. The quantitative estimate of drug-likeness (QED) is 0.579. The normalized spacial score (nSPS) is 10.4. The number of hydrogen-bond acceptors (Lipinski definition) is 3. The van der Waals surface area contributed by atoms with Crippen LogP contribution in [0.2, 0.25) is 0 Å². The summed E-state index contributed by atoms with van der Waals surface area (Å²) in [6.07, 6.45) is 0. The zero-order valence-electron chi connectivity index (χ0n) is 10.8. The molecular formula is C13H21NO2. The van der Waals surface area contributed by atoms with Gasteiger partial charge in [-0.2, -0.15) is 0 Å². The first-order valence-corrected chi connectivity index (χ1v) is 5.44. The van der Waals surface area contributed by atoms with E-state index >= 15 is 0 Å². The molecule has 0 saturated heterocycles. The zero-order valence-corrected chi connectivity index (χ0v) is 10.8. The van der Waals surface area contributed by atoms with Crippen LogP contribution < -0.4 is 0 Å². The Morgan fingerprint density at radius 3 is 2.12 bits per heavy atom. The van der Waals surface area contributed by atoms with Gasteiger partial charge in [-0.15, -0.1) is 0 Å². The maximum atomic E-state index is 5.02. The van der Waals surface area contributed by atoms with Crippen LogP contribution in [0.4, 0.5) is 0 Å². The highest BCUT2D eigenvalue weighted by molar-refractivity contribution is 5.98. The van der Waals surface area contributed by atoms with Gasteiger partial charge in [0, 0.05) is 7.11 Å². The van der Waals surface area contributed by atoms with Gasteiger partial charge in [0.05, 0.1) is 12.3 Å². The van der Waals surface area contributed by atoms with Crippen LogP contribution in [0.25, 0.3) is 0 Å². The molecule has 1 aromatic carbocycles. The summed E-state index contributed by atoms with van der Waals surface area (Å²) < 4.78 is 5.02. The van der Waals surface area contributed by atoms with Gasteiger partial charge < -0.3 is 9.57 Å². The molecule has 0 atom stereocenters. The minimum Gasteiger partial charge on any atom is -0.399 e. The first kappa shape index (κ1) is 14.6. The molecular weight excluding hydrogens is 202 g/mol. The average molecular weight is 223 g/mol. The predicted octanol–water partition coefficient (Wildman–Crippen LogP) is 3.23. The van der Waals surface area contributed by atoms with Crippen LogP contribution in [-0.2, 0) is 16.2 Å². The maximum absolute atomic E-state index is 5.02. The third-order valence-electron chi connectivity index (χ3n) is 1.91. The third-order valence-corrected chi connectivity index (χ3v) is 1.91. The molecule has 0 N–H and O–H groups in total. The van der Waals surface area contributed by atoms with Gasteiger partial charge in [0.2, 0.25) is 0 Å². The highest BCUT2D eigenvalue weighted by Crippen LogP contribution is 2.06. The lowest BCUT2D eigenvalue weighted by molar-refractivity contribution is 0.185. The molecule has 0 unspecified atom stereocenters. The number of nitrogens with zero attached hydrogens (tertiary/aromatic N) is 1. The molecule has 0 aliphatic carbocycles. The molecule has 0 amide bonds. The van der Waals surface area contributed by atoms with E-state index in [4.69, 9.17) is 9.57 Å². The molecule has 0 heterocycles. The summed E-state index contributed by atoms with van der Waals surface area (Å²) in [5, 5.41) is 3.86. The number of methoxy groups -OCH3 is 1.